The first-order valence-electron chi connectivity index (χ1n) is 37.3. The van der Waals surface area contributed by atoms with E-state index in [0.29, 0.717) is 102 Å². The molecule has 109 heavy (non-hydrogen) atoms. The summed E-state index contributed by atoms with van der Waals surface area (Å²) in [5.41, 5.74) is 2.20. The maximum Gasteiger partial charge on any atom is 0.501 e. The molecule has 0 bridgehead atoms. The normalized spacial score (nSPS) is 20.9. The number of sulfone groups is 1. The van der Waals surface area contributed by atoms with Crippen LogP contribution in [0.2, 0.25) is 5.02 Å². The van der Waals surface area contributed by atoms with E-state index >= 15 is 0 Å². The number of aliphatic hydroxyl groups is 1. The van der Waals surface area contributed by atoms with Gasteiger partial charge in [0.05, 0.1) is 57.2 Å². The van der Waals surface area contributed by atoms with Gasteiger partial charge in [0.2, 0.25) is 21.8 Å². The molecule has 11 rings (SSSR count). The molecular formula is C78H101ClF3N11O11S5. The molecule has 5 aliphatic rings. The molecular weight excluding hydrogens is 1520 g/mol. The highest BCUT2D eigenvalue weighted by Gasteiger charge is 2.49. The number of hydrogen-bond donors (Lipinski definition) is 5. The van der Waals surface area contributed by atoms with Crippen LogP contribution in [0.5, 0.6) is 0 Å². The quantitative estimate of drug-likeness (QED) is 0.0216. The van der Waals surface area contributed by atoms with E-state index in [2.05, 4.69) is 59.6 Å². The minimum atomic E-state index is -6.12. The van der Waals surface area contributed by atoms with Crippen LogP contribution in [0.4, 0.5) is 24.5 Å². The Balaban J connectivity index is 0.659. The number of aliphatic hydroxyl groups excluding tert-OH is 1. The topological polar surface area (TPSA) is 264 Å². The van der Waals surface area contributed by atoms with Gasteiger partial charge in [0.15, 0.2) is 0 Å². The SMILES string of the molecule is Cc1ncsc1-c1ccc([C@H](C)NC(=O)[C@@H]2C[C@@H](O)CN2C(=O)[C@@H](NCCCS(=O)(=O)N2CCN(C[C@]3(C)CCC(c4ccc(Cl)cc4)=C(CN4CCN(c5ccc(C(=O)NS(=O)(=O)c6ccc(N[C@H](CCN7CCCOCC7)CSc7ccccc7)c(S(=O)(=O)C(F)(F)F)c6)cc5)CC4)C3)CC2)C(C)(C)C)cc1. The molecule has 6 aromatic rings. The molecule has 4 saturated heterocycles. The largest absolute Gasteiger partial charge is 0.501 e. The molecule has 1 aromatic heterocycles. The number of halogens is 4. The lowest BCUT2D eigenvalue weighted by Crippen LogP contribution is -2.57. The lowest BCUT2D eigenvalue weighted by molar-refractivity contribution is -0.142. The smallest absolute Gasteiger partial charge is 0.391 e. The first-order valence-corrected chi connectivity index (χ1v) is 44.1. The molecule has 0 saturated carbocycles. The Morgan fingerprint density at radius 1 is 0.817 bits per heavy atom. The van der Waals surface area contributed by atoms with Crippen molar-refractivity contribution in [2.75, 3.05) is 133 Å². The number of alkyl halides is 3. The van der Waals surface area contributed by atoms with Gasteiger partial charge in [-0.2, -0.15) is 17.5 Å². The molecule has 31 heteroatoms. The number of nitrogens with zero attached hydrogens (tertiary/aromatic N) is 7. The summed E-state index contributed by atoms with van der Waals surface area (Å²) in [6, 6.07) is 31.4. The van der Waals surface area contributed by atoms with Crippen LogP contribution in [-0.2, 0) is 44.2 Å². The average molecular weight is 1620 g/mol. The highest BCUT2D eigenvalue weighted by molar-refractivity contribution is 7.99. The van der Waals surface area contributed by atoms with E-state index < -0.39 is 86.4 Å². The van der Waals surface area contributed by atoms with Gasteiger partial charge < -0.3 is 45.4 Å². The fourth-order valence-electron chi connectivity index (χ4n) is 15.2. The number of anilines is 2. The van der Waals surface area contributed by atoms with E-state index in [1.54, 1.807) is 27.8 Å². The van der Waals surface area contributed by atoms with Gasteiger partial charge in [-0.25, -0.2) is 35.0 Å². The van der Waals surface area contributed by atoms with Crippen LogP contribution in [-0.4, -0.2) is 230 Å². The van der Waals surface area contributed by atoms with Crippen LogP contribution in [0, 0.1) is 17.8 Å². The first kappa shape index (κ1) is 83.4. The van der Waals surface area contributed by atoms with Crippen molar-refractivity contribution in [2.45, 2.75) is 137 Å². The van der Waals surface area contributed by atoms with Crippen molar-refractivity contribution in [3.05, 3.63) is 160 Å². The Kier molecular flexibility index (Phi) is 27.6. The number of β-amino-alcohol motifs (C(OH)–C–C–N with tert-alkyl or cyclic N) is 1. The van der Waals surface area contributed by atoms with Crippen molar-refractivity contribution in [1.82, 2.24) is 44.2 Å². The van der Waals surface area contributed by atoms with Crippen molar-refractivity contribution in [3.8, 4) is 10.4 Å². The highest BCUT2D eigenvalue weighted by atomic mass is 35.5. The van der Waals surface area contributed by atoms with Gasteiger partial charge in [-0.1, -0.05) is 99.5 Å². The van der Waals surface area contributed by atoms with Crippen LogP contribution < -0.4 is 25.6 Å². The number of thiazole rings is 1. The molecule has 4 fully saturated rings. The molecule has 4 aliphatic heterocycles. The van der Waals surface area contributed by atoms with Gasteiger partial charge >= 0.3 is 5.51 Å². The van der Waals surface area contributed by atoms with Gasteiger partial charge in [-0.05, 0) is 159 Å². The van der Waals surface area contributed by atoms with Crippen LogP contribution >= 0.6 is 34.7 Å². The standard InChI is InChI=1S/C78H101ClF3N11O11S5/c1-54(56-14-16-58(17-15-56)71-55(2)84-53-106-71)85-74(96)69-46-64(94)50-93(69)75(97)72(76(3,4)5)83-31-10-45-107(98,99)92-40-36-90(37-41-92)52-77(6)30-28-67(57-18-22-61(79)23-19-57)60(48-77)49-89-34-38-91(39-35-89)63-24-20-59(21-25-63)73(95)87-109(102,103)66-26-27-68(70(47-66)108(100,101)78(80,81)82)86-62(51-105-65-12-8-7-9-13-65)29-33-88-32-11-43-104-44-42-88/h7-9,12-27,47,53-54,62,64,69,72,83,86,94H,10-11,28-46,48-52H2,1-6H3,(H,85,96)(H,87,95)/t54-,62+,64+,69-,72+,77+/m0/s1. The molecule has 6 atom stereocenters. The molecule has 3 amide bonds. The summed E-state index contributed by atoms with van der Waals surface area (Å²) in [5.74, 6) is -1.52. The number of carbonyl (C=O) groups is 3. The Morgan fingerprint density at radius 3 is 2.17 bits per heavy atom. The summed E-state index contributed by atoms with van der Waals surface area (Å²) in [6.07, 6.45) is 3.28. The first-order chi connectivity index (χ1) is 51.7. The fourth-order valence-corrected chi connectivity index (χ4v) is 20.6. The van der Waals surface area contributed by atoms with Gasteiger partial charge in [0.1, 0.15) is 10.9 Å². The Hall–Kier alpha value is -6.52. The predicted octanol–water partition coefficient (Wildman–Crippen LogP) is 10.8. The number of benzene rings is 5. The zero-order valence-corrected chi connectivity index (χ0v) is 67.4. The van der Waals surface area contributed by atoms with Gasteiger partial charge in [-0.15, -0.1) is 23.1 Å². The molecule has 5 heterocycles. The number of piperazine rings is 2. The fraction of sp³-hybridized carbons (Fsp3) is 0.513. The number of aryl methyl sites for hydroxylation is 1. The molecule has 0 unspecified atom stereocenters. The van der Waals surface area contributed by atoms with E-state index in [9.17, 15) is 57.9 Å². The number of allylic oxidation sites excluding steroid dienone is 1. The number of amides is 3. The third-order valence-electron chi connectivity index (χ3n) is 21.3. The van der Waals surface area contributed by atoms with E-state index in [0.717, 1.165) is 95.3 Å². The summed E-state index contributed by atoms with van der Waals surface area (Å²) in [5, 5.41) is 20.9. The molecule has 22 nitrogen and oxygen atoms in total. The summed E-state index contributed by atoms with van der Waals surface area (Å²) < 4.78 is 135. The Labute approximate surface area is 653 Å². The lowest BCUT2D eigenvalue weighted by Gasteiger charge is -2.44. The maximum atomic E-state index is 14.4. The second-order valence-corrected chi connectivity index (χ2v) is 38.7. The summed E-state index contributed by atoms with van der Waals surface area (Å²) in [7, 11) is -14.7. The van der Waals surface area contributed by atoms with Gasteiger partial charge in [0.25, 0.3) is 25.8 Å². The van der Waals surface area contributed by atoms with E-state index in [1.807, 2.05) is 112 Å². The van der Waals surface area contributed by atoms with Crippen LogP contribution in [0.3, 0.4) is 0 Å². The second-order valence-electron chi connectivity index (χ2n) is 30.6. The number of hydrogen-bond acceptors (Lipinski definition) is 20. The zero-order chi connectivity index (χ0) is 78.1. The van der Waals surface area contributed by atoms with Crippen molar-refractivity contribution in [2.24, 2.45) is 10.8 Å². The number of likely N-dealkylation sites (tertiary alicyclic amines) is 1. The number of carbonyl (C=O) groups excluding carboxylic acids is 3. The maximum absolute atomic E-state index is 14.4. The highest BCUT2D eigenvalue weighted by Crippen LogP contribution is 2.45. The van der Waals surface area contributed by atoms with Crippen molar-refractivity contribution in [3.63, 3.8) is 0 Å². The third kappa shape index (κ3) is 21.6. The summed E-state index contributed by atoms with van der Waals surface area (Å²) in [4.78, 5) is 56.8. The van der Waals surface area contributed by atoms with Crippen LogP contribution in [0.1, 0.15) is 113 Å². The summed E-state index contributed by atoms with van der Waals surface area (Å²) in [6.45, 7) is 21.3. The van der Waals surface area contributed by atoms with Crippen molar-refractivity contribution < 1.29 is 62.7 Å². The molecule has 0 radical (unpaired) electrons. The lowest BCUT2D eigenvalue weighted by atomic mass is 9.71. The van der Waals surface area contributed by atoms with E-state index in [1.165, 1.54) is 39.9 Å². The monoisotopic (exact) mass is 1620 g/mol. The van der Waals surface area contributed by atoms with Gasteiger partial charge in [-0.3, -0.25) is 19.3 Å². The Morgan fingerprint density at radius 2 is 1.50 bits per heavy atom. The molecule has 5 aromatic carbocycles. The van der Waals surface area contributed by atoms with Crippen molar-refractivity contribution in [1.29, 1.82) is 0 Å². The number of sulfonamides is 2. The Bertz CT molecular complexity index is 4500. The summed E-state index contributed by atoms with van der Waals surface area (Å²) >= 11 is 9.40. The number of thioether (sulfide) groups is 1. The number of aromatic nitrogens is 1. The van der Waals surface area contributed by atoms with Crippen LogP contribution in [0.25, 0.3) is 16.0 Å². The third-order valence-corrected chi connectivity index (χ3v) is 28.5. The zero-order valence-electron chi connectivity index (χ0n) is 62.6. The van der Waals surface area contributed by atoms with Crippen LogP contribution in [0.15, 0.2) is 147 Å². The molecule has 5 N–H and O–H groups in total. The van der Waals surface area contributed by atoms with E-state index in [4.69, 9.17) is 16.3 Å². The molecule has 0 spiro atoms. The number of ether oxygens (including phenoxy) is 1. The average Bonchev–Trinajstić information content (AvgIpc) is 1.39. The van der Waals surface area contributed by atoms with E-state index in [-0.39, 0.29) is 60.5 Å². The van der Waals surface area contributed by atoms with Crippen molar-refractivity contribution >= 4 is 99.3 Å². The number of rotatable bonds is 29. The minimum Gasteiger partial charge on any atom is -0.391 e. The minimum absolute atomic E-state index is 0.00252. The number of nitrogens with one attached hydrogen (secondary N) is 4. The molecule has 592 valence electrons. The molecule has 1 aliphatic carbocycles. The second kappa shape index (κ2) is 36.1. The van der Waals surface area contributed by atoms with Gasteiger partial charge in [0, 0.05) is 138 Å². The predicted molar refractivity (Wildman–Crippen MR) is 423 cm³/mol.